The van der Waals surface area contributed by atoms with E-state index in [2.05, 4.69) is 31.9 Å². The molecule has 2 aliphatic rings. The van der Waals surface area contributed by atoms with Crippen LogP contribution in [0.4, 0.5) is 22.7 Å². The van der Waals surface area contributed by atoms with Gasteiger partial charge in [-0.25, -0.2) is 9.59 Å². The van der Waals surface area contributed by atoms with E-state index in [1.165, 1.54) is 26.4 Å². The SMILES string of the molecule is COC(=O)c1cc2c(c([N+](=O)[O-])c1)N[C@@H](CC#CC[C@H]1COc3cc(C(=O)OC)cc([N+](=O)[O-])c3N1)CO2. The summed E-state index contributed by atoms with van der Waals surface area (Å²) in [4.78, 5) is 45.5. The molecule has 0 radical (unpaired) electrons. The van der Waals surface area contributed by atoms with Gasteiger partial charge in [-0.1, -0.05) is 0 Å². The molecule has 2 aromatic rings. The first-order chi connectivity index (χ1) is 18.2. The second-order valence-corrected chi connectivity index (χ2v) is 8.30. The molecule has 0 saturated heterocycles. The van der Waals surface area contributed by atoms with E-state index in [1.807, 2.05) is 0 Å². The molecule has 2 atom stereocenters. The van der Waals surface area contributed by atoms with E-state index >= 15 is 0 Å². The number of benzene rings is 2. The highest BCUT2D eigenvalue weighted by Crippen LogP contribution is 2.40. The number of nitrogens with one attached hydrogen (secondary N) is 2. The van der Waals surface area contributed by atoms with Gasteiger partial charge in [-0.3, -0.25) is 20.2 Å². The molecule has 2 aromatic carbocycles. The van der Waals surface area contributed by atoms with Crippen molar-refractivity contribution in [3.63, 3.8) is 0 Å². The summed E-state index contributed by atoms with van der Waals surface area (Å²) in [6.07, 6.45) is 0.588. The number of nitrogens with zero attached hydrogens (tertiary/aromatic N) is 2. The third-order valence-electron chi connectivity index (χ3n) is 5.80. The van der Waals surface area contributed by atoms with Crippen LogP contribution in [0.25, 0.3) is 0 Å². The summed E-state index contributed by atoms with van der Waals surface area (Å²) >= 11 is 0. The molecule has 0 unspecified atom stereocenters. The Morgan fingerprint density at radius 2 is 1.24 bits per heavy atom. The fourth-order valence-corrected chi connectivity index (χ4v) is 3.96. The van der Waals surface area contributed by atoms with Crippen molar-refractivity contribution >= 4 is 34.7 Å². The van der Waals surface area contributed by atoms with Crippen molar-refractivity contribution in [3.8, 4) is 23.3 Å². The van der Waals surface area contributed by atoms with Crippen LogP contribution in [0.1, 0.15) is 33.6 Å². The molecule has 14 nitrogen and oxygen atoms in total. The number of ether oxygens (including phenoxy) is 4. The lowest BCUT2D eigenvalue weighted by Crippen LogP contribution is -2.32. The van der Waals surface area contributed by atoms with Gasteiger partial charge in [0, 0.05) is 25.0 Å². The second-order valence-electron chi connectivity index (χ2n) is 8.30. The first-order valence-corrected chi connectivity index (χ1v) is 11.3. The molecule has 0 spiro atoms. The lowest BCUT2D eigenvalue weighted by atomic mass is 10.1. The number of methoxy groups -OCH3 is 2. The predicted octanol–water partition coefficient (Wildman–Crippen LogP) is 2.91. The average Bonchev–Trinajstić information content (AvgIpc) is 2.92. The van der Waals surface area contributed by atoms with Gasteiger partial charge in [0.15, 0.2) is 11.4 Å². The van der Waals surface area contributed by atoms with Gasteiger partial charge in [-0.05, 0) is 12.1 Å². The van der Waals surface area contributed by atoms with Gasteiger partial charge in [0.2, 0.25) is 0 Å². The summed E-state index contributed by atoms with van der Waals surface area (Å²) in [5, 5.41) is 29.2. The molecule has 2 heterocycles. The summed E-state index contributed by atoms with van der Waals surface area (Å²) < 4.78 is 20.6. The van der Waals surface area contributed by atoms with Crippen molar-refractivity contribution in [2.75, 3.05) is 38.1 Å². The van der Waals surface area contributed by atoms with Gasteiger partial charge in [-0.2, -0.15) is 0 Å². The molecular formula is C24H22N4O10. The highest BCUT2D eigenvalue weighted by Gasteiger charge is 2.30. The number of anilines is 2. The first kappa shape index (κ1) is 26.0. The number of rotatable bonds is 6. The Balaban J connectivity index is 1.41. The molecule has 198 valence electrons. The normalized spacial score (nSPS) is 16.9. The zero-order valence-electron chi connectivity index (χ0n) is 20.3. The molecular weight excluding hydrogens is 504 g/mol. The molecule has 0 bridgehead atoms. The highest BCUT2D eigenvalue weighted by atomic mass is 16.6. The number of hydrogen-bond donors (Lipinski definition) is 2. The van der Waals surface area contributed by atoms with E-state index in [-0.39, 0.29) is 70.7 Å². The molecule has 0 aromatic heterocycles. The first-order valence-electron chi connectivity index (χ1n) is 11.3. The Hall–Kier alpha value is -5.06. The van der Waals surface area contributed by atoms with E-state index < -0.39 is 21.8 Å². The molecule has 0 saturated carbocycles. The van der Waals surface area contributed by atoms with Gasteiger partial charge in [0.05, 0.1) is 47.3 Å². The van der Waals surface area contributed by atoms with Crippen molar-refractivity contribution in [1.82, 2.24) is 0 Å². The van der Waals surface area contributed by atoms with Crippen molar-refractivity contribution in [2.45, 2.75) is 24.9 Å². The molecule has 0 amide bonds. The van der Waals surface area contributed by atoms with Crippen LogP contribution in [0.3, 0.4) is 0 Å². The number of carbonyl (C=O) groups excluding carboxylic acids is 2. The fourth-order valence-electron chi connectivity index (χ4n) is 3.96. The van der Waals surface area contributed by atoms with Gasteiger partial charge in [-0.15, -0.1) is 11.8 Å². The number of esters is 2. The minimum absolute atomic E-state index is 0.00326. The number of hydrogen-bond acceptors (Lipinski definition) is 12. The average molecular weight is 526 g/mol. The fraction of sp³-hybridized carbons (Fsp3) is 0.333. The Morgan fingerprint density at radius 1 is 0.842 bits per heavy atom. The van der Waals surface area contributed by atoms with Gasteiger partial charge < -0.3 is 29.6 Å². The summed E-state index contributed by atoms with van der Waals surface area (Å²) in [6.45, 7) is 0.326. The van der Waals surface area contributed by atoms with Crippen molar-refractivity contribution in [1.29, 1.82) is 0 Å². The topological polar surface area (TPSA) is 181 Å². The molecule has 2 aliphatic heterocycles. The van der Waals surface area contributed by atoms with Crippen LogP contribution >= 0.6 is 0 Å². The standard InChI is InChI=1S/C24H22N4O10/c1-35-23(29)13-7-17(27(31)32)21-19(9-13)37-11-15(25-21)5-3-4-6-16-12-38-20-10-14(24(30)36-2)8-18(28(33)34)22(20)26-16/h7-10,15-16,25-26H,5-6,11-12H2,1-2H3/t15-,16-/m0/s1. The summed E-state index contributed by atoms with van der Waals surface area (Å²) in [7, 11) is 2.36. The maximum Gasteiger partial charge on any atom is 0.338 e. The Labute approximate surface area is 215 Å². The van der Waals surface area contributed by atoms with E-state index in [0.29, 0.717) is 12.8 Å². The third kappa shape index (κ3) is 5.36. The molecule has 14 heteroatoms. The van der Waals surface area contributed by atoms with E-state index in [9.17, 15) is 29.8 Å². The lowest BCUT2D eigenvalue weighted by molar-refractivity contribution is -0.384. The summed E-state index contributed by atoms with van der Waals surface area (Å²) in [5.41, 5.74) is -0.330. The van der Waals surface area contributed by atoms with Crippen LogP contribution in [0.15, 0.2) is 24.3 Å². The minimum atomic E-state index is -0.718. The van der Waals surface area contributed by atoms with E-state index in [0.717, 1.165) is 12.1 Å². The van der Waals surface area contributed by atoms with E-state index in [1.54, 1.807) is 0 Å². The lowest BCUT2D eigenvalue weighted by Gasteiger charge is -2.27. The summed E-state index contributed by atoms with van der Waals surface area (Å²) in [6, 6.07) is 4.29. The third-order valence-corrected chi connectivity index (χ3v) is 5.80. The quantitative estimate of drug-likeness (QED) is 0.243. The van der Waals surface area contributed by atoms with E-state index in [4.69, 9.17) is 9.47 Å². The van der Waals surface area contributed by atoms with Crippen molar-refractivity contribution in [3.05, 3.63) is 55.6 Å². The molecule has 38 heavy (non-hydrogen) atoms. The number of nitro groups is 2. The van der Waals surface area contributed by atoms with Crippen LogP contribution in [-0.2, 0) is 9.47 Å². The highest BCUT2D eigenvalue weighted by molar-refractivity contribution is 5.93. The Kier molecular flexibility index (Phi) is 7.47. The zero-order chi connectivity index (χ0) is 27.4. The predicted molar refractivity (Wildman–Crippen MR) is 132 cm³/mol. The Bertz CT molecular complexity index is 1280. The maximum absolute atomic E-state index is 11.8. The number of carbonyl (C=O) groups is 2. The number of fused-ring (bicyclic) bond motifs is 2. The van der Waals surface area contributed by atoms with Gasteiger partial charge in [0.1, 0.15) is 24.7 Å². The van der Waals surface area contributed by atoms with Crippen LogP contribution in [0.2, 0.25) is 0 Å². The maximum atomic E-state index is 11.8. The number of nitro benzene ring substituents is 2. The van der Waals surface area contributed by atoms with Crippen LogP contribution in [0.5, 0.6) is 11.5 Å². The molecule has 0 fully saturated rings. The minimum Gasteiger partial charge on any atom is -0.489 e. The second kappa shape index (κ2) is 10.9. The Morgan fingerprint density at radius 3 is 1.58 bits per heavy atom. The van der Waals surface area contributed by atoms with Gasteiger partial charge in [0.25, 0.3) is 11.4 Å². The monoisotopic (exact) mass is 526 g/mol. The molecule has 4 rings (SSSR count). The largest absolute Gasteiger partial charge is 0.489 e. The van der Waals surface area contributed by atoms with Gasteiger partial charge >= 0.3 is 11.9 Å². The van der Waals surface area contributed by atoms with Crippen molar-refractivity contribution in [2.24, 2.45) is 0 Å². The molecule has 0 aliphatic carbocycles. The smallest absolute Gasteiger partial charge is 0.338 e. The van der Waals surface area contributed by atoms with Crippen molar-refractivity contribution < 1.29 is 38.4 Å². The summed E-state index contributed by atoms with van der Waals surface area (Å²) in [5.74, 6) is 4.88. The van der Waals surface area contributed by atoms with Crippen LogP contribution in [-0.4, -0.2) is 61.3 Å². The molecule has 2 N–H and O–H groups in total. The zero-order valence-corrected chi connectivity index (χ0v) is 20.3. The van der Waals surface area contributed by atoms with Crippen LogP contribution in [0, 0.1) is 32.1 Å². The van der Waals surface area contributed by atoms with Crippen LogP contribution < -0.4 is 20.1 Å².